The Morgan fingerprint density at radius 3 is 2.47 bits per heavy atom. The number of benzene rings is 3. The van der Waals surface area contributed by atoms with Crippen LogP contribution in [0.25, 0.3) is 11.1 Å². The van der Waals surface area contributed by atoms with Gasteiger partial charge in [0.25, 0.3) is 5.91 Å². The summed E-state index contributed by atoms with van der Waals surface area (Å²) in [5.74, 6) is -0.150. The van der Waals surface area contributed by atoms with Gasteiger partial charge in [-0.05, 0) is 98.1 Å². The molecule has 3 nitrogen and oxygen atoms in total. The molecule has 0 spiro atoms. The van der Waals surface area contributed by atoms with Gasteiger partial charge in [-0.3, -0.25) is 4.79 Å². The van der Waals surface area contributed by atoms with E-state index in [0.29, 0.717) is 18.2 Å². The van der Waals surface area contributed by atoms with Gasteiger partial charge in [-0.25, -0.2) is 4.39 Å². The summed E-state index contributed by atoms with van der Waals surface area (Å²) in [6.07, 6.45) is 6.20. The van der Waals surface area contributed by atoms with Crippen molar-refractivity contribution in [3.05, 3.63) is 95.3 Å². The highest BCUT2D eigenvalue weighted by atomic mass is 19.1. The predicted octanol–water partition coefficient (Wildman–Crippen LogP) is 6.27. The molecule has 0 saturated carbocycles. The van der Waals surface area contributed by atoms with Crippen molar-refractivity contribution in [1.82, 2.24) is 10.2 Å². The van der Waals surface area contributed by atoms with Gasteiger partial charge in [0.15, 0.2) is 0 Å². The van der Waals surface area contributed by atoms with Crippen molar-refractivity contribution in [2.75, 3.05) is 19.6 Å². The Hall–Kier alpha value is -2.98. The second kappa shape index (κ2) is 11.9. The first-order valence-electron chi connectivity index (χ1n) is 12.6. The molecule has 0 radical (unpaired) electrons. The van der Waals surface area contributed by atoms with E-state index in [4.69, 9.17) is 0 Å². The standard InChI is InChI=1S/C30H35FN2O/c1-2-19-33(29-17-15-25-14-16-28(31)21-27(25)22-29)20-7-6-18-32-30(34)26-12-10-24(11-13-26)23-8-4-3-5-9-23/h3-5,8-14,16,21,29H,2,6-7,15,17-20,22H2,1H3,(H,32,34)/t29-/m1/s1. The molecule has 3 aromatic rings. The molecular weight excluding hydrogens is 423 g/mol. The Morgan fingerprint density at radius 2 is 1.71 bits per heavy atom. The van der Waals surface area contributed by atoms with Crippen LogP contribution < -0.4 is 5.32 Å². The molecule has 0 bridgehead atoms. The molecule has 0 heterocycles. The van der Waals surface area contributed by atoms with Crippen LogP contribution in [-0.2, 0) is 12.8 Å². The first kappa shape index (κ1) is 24.2. The number of unbranched alkanes of at least 4 members (excludes halogenated alkanes) is 1. The van der Waals surface area contributed by atoms with E-state index in [0.717, 1.165) is 62.7 Å². The average Bonchev–Trinajstić information content (AvgIpc) is 2.88. The average molecular weight is 459 g/mol. The lowest BCUT2D eigenvalue weighted by molar-refractivity contribution is 0.0952. The van der Waals surface area contributed by atoms with Gasteiger partial charge >= 0.3 is 0 Å². The Balaban J connectivity index is 1.22. The summed E-state index contributed by atoms with van der Waals surface area (Å²) < 4.78 is 13.7. The van der Waals surface area contributed by atoms with Gasteiger partial charge in [0.2, 0.25) is 0 Å². The fraction of sp³-hybridized carbons (Fsp3) is 0.367. The fourth-order valence-corrected chi connectivity index (χ4v) is 4.97. The van der Waals surface area contributed by atoms with Crippen LogP contribution in [0.4, 0.5) is 4.39 Å². The van der Waals surface area contributed by atoms with Crippen molar-refractivity contribution in [2.45, 2.75) is 51.5 Å². The van der Waals surface area contributed by atoms with Crippen molar-refractivity contribution >= 4 is 5.91 Å². The van der Waals surface area contributed by atoms with E-state index in [-0.39, 0.29) is 11.7 Å². The van der Waals surface area contributed by atoms with Crippen molar-refractivity contribution in [2.24, 2.45) is 0 Å². The zero-order chi connectivity index (χ0) is 23.8. The molecule has 3 aromatic carbocycles. The number of carbonyl (C=O) groups excluding carboxylic acids is 1. The van der Waals surface area contributed by atoms with Gasteiger partial charge < -0.3 is 10.2 Å². The van der Waals surface area contributed by atoms with Crippen LogP contribution >= 0.6 is 0 Å². The van der Waals surface area contributed by atoms with Gasteiger partial charge in [0, 0.05) is 18.2 Å². The summed E-state index contributed by atoms with van der Waals surface area (Å²) in [5.41, 5.74) is 5.43. The van der Waals surface area contributed by atoms with E-state index < -0.39 is 0 Å². The normalized spacial score (nSPS) is 15.2. The van der Waals surface area contributed by atoms with E-state index in [1.807, 2.05) is 48.5 Å². The molecule has 0 unspecified atom stereocenters. The minimum Gasteiger partial charge on any atom is -0.352 e. The molecule has 178 valence electrons. The van der Waals surface area contributed by atoms with Gasteiger partial charge in [0.05, 0.1) is 0 Å². The molecule has 0 aliphatic heterocycles. The highest BCUT2D eigenvalue weighted by molar-refractivity contribution is 5.94. The molecule has 1 amide bonds. The molecule has 1 aliphatic rings. The second-order valence-corrected chi connectivity index (χ2v) is 9.25. The maximum absolute atomic E-state index is 13.7. The second-order valence-electron chi connectivity index (χ2n) is 9.25. The van der Waals surface area contributed by atoms with E-state index in [1.54, 1.807) is 12.1 Å². The SMILES string of the molecule is CCCN(CCCCNC(=O)c1ccc(-c2ccccc2)cc1)[C@@H]1CCc2ccc(F)cc2C1. The first-order valence-corrected chi connectivity index (χ1v) is 12.6. The van der Waals surface area contributed by atoms with E-state index in [2.05, 4.69) is 29.3 Å². The smallest absolute Gasteiger partial charge is 0.251 e. The van der Waals surface area contributed by atoms with Crippen LogP contribution in [0.1, 0.15) is 54.1 Å². The molecule has 4 heteroatoms. The molecule has 1 atom stereocenters. The zero-order valence-electron chi connectivity index (χ0n) is 20.1. The summed E-state index contributed by atoms with van der Waals surface area (Å²) >= 11 is 0. The Labute approximate surface area is 203 Å². The highest BCUT2D eigenvalue weighted by Gasteiger charge is 2.24. The molecule has 0 aromatic heterocycles. The van der Waals surface area contributed by atoms with Gasteiger partial charge in [0.1, 0.15) is 5.82 Å². The van der Waals surface area contributed by atoms with Gasteiger partial charge in [-0.2, -0.15) is 0 Å². The summed E-state index contributed by atoms with van der Waals surface area (Å²) in [6.45, 7) is 4.98. The fourth-order valence-electron chi connectivity index (χ4n) is 4.97. The molecular formula is C30H35FN2O. The number of halogens is 1. The number of hydrogen-bond donors (Lipinski definition) is 1. The highest BCUT2D eigenvalue weighted by Crippen LogP contribution is 2.26. The monoisotopic (exact) mass is 458 g/mol. The van der Waals surface area contributed by atoms with E-state index >= 15 is 0 Å². The predicted molar refractivity (Wildman–Crippen MR) is 138 cm³/mol. The Kier molecular flexibility index (Phi) is 8.48. The minimum absolute atomic E-state index is 0.0176. The van der Waals surface area contributed by atoms with Crippen molar-refractivity contribution in [3.8, 4) is 11.1 Å². The van der Waals surface area contributed by atoms with Crippen LogP contribution in [0.2, 0.25) is 0 Å². The summed E-state index contributed by atoms with van der Waals surface area (Å²) in [7, 11) is 0. The molecule has 1 N–H and O–H groups in total. The van der Waals surface area contributed by atoms with Crippen molar-refractivity contribution in [1.29, 1.82) is 0 Å². The quantitative estimate of drug-likeness (QED) is 0.363. The summed E-state index contributed by atoms with van der Waals surface area (Å²) in [4.78, 5) is 15.1. The third-order valence-corrected chi connectivity index (χ3v) is 6.81. The number of fused-ring (bicyclic) bond motifs is 1. The van der Waals surface area contributed by atoms with Crippen LogP contribution in [0.3, 0.4) is 0 Å². The summed E-state index contributed by atoms with van der Waals surface area (Å²) in [6, 6.07) is 23.7. The summed E-state index contributed by atoms with van der Waals surface area (Å²) in [5, 5.41) is 3.06. The molecule has 0 fully saturated rings. The largest absolute Gasteiger partial charge is 0.352 e. The molecule has 0 saturated heterocycles. The third kappa shape index (κ3) is 6.32. The topological polar surface area (TPSA) is 32.3 Å². The van der Waals surface area contributed by atoms with E-state index in [9.17, 15) is 9.18 Å². The Morgan fingerprint density at radius 1 is 0.941 bits per heavy atom. The number of aryl methyl sites for hydroxylation is 1. The lowest BCUT2D eigenvalue weighted by atomic mass is 9.87. The maximum atomic E-state index is 13.7. The lowest BCUT2D eigenvalue weighted by Crippen LogP contribution is -2.40. The first-order chi connectivity index (χ1) is 16.6. The molecule has 4 rings (SSSR count). The van der Waals surface area contributed by atoms with Crippen LogP contribution in [0.15, 0.2) is 72.8 Å². The number of rotatable bonds is 10. The van der Waals surface area contributed by atoms with Crippen LogP contribution in [0, 0.1) is 5.82 Å². The third-order valence-electron chi connectivity index (χ3n) is 6.81. The number of nitrogens with one attached hydrogen (secondary N) is 1. The van der Waals surface area contributed by atoms with Crippen molar-refractivity contribution < 1.29 is 9.18 Å². The molecule has 34 heavy (non-hydrogen) atoms. The molecule has 1 aliphatic carbocycles. The maximum Gasteiger partial charge on any atom is 0.251 e. The number of hydrogen-bond acceptors (Lipinski definition) is 2. The van der Waals surface area contributed by atoms with E-state index in [1.165, 1.54) is 11.1 Å². The van der Waals surface area contributed by atoms with Crippen molar-refractivity contribution in [3.63, 3.8) is 0 Å². The minimum atomic E-state index is -0.133. The number of nitrogens with zero attached hydrogens (tertiary/aromatic N) is 1. The number of amides is 1. The lowest BCUT2D eigenvalue weighted by Gasteiger charge is -2.35. The zero-order valence-corrected chi connectivity index (χ0v) is 20.1. The number of carbonyl (C=O) groups is 1. The van der Waals surface area contributed by atoms with Gasteiger partial charge in [-0.15, -0.1) is 0 Å². The Bertz CT molecular complexity index is 1060. The van der Waals surface area contributed by atoms with Crippen LogP contribution in [-0.4, -0.2) is 36.5 Å². The van der Waals surface area contributed by atoms with Crippen LogP contribution in [0.5, 0.6) is 0 Å². The van der Waals surface area contributed by atoms with Gasteiger partial charge in [-0.1, -0.05) is 55.5 Å².